The summed E-state index contributed by atoms with van der Waals surface area (Å²) in [6.45, 7) is 3.80. The molecule has 0 aliphatic carbocycles. The van der Waals surface area contributed by atoms with Crippen LogP contribution in [0.1, 0.15) is 181 Å². The Morgan fingerprint density at radius 1 is 0.338 bits per heavy atom. The van der Waals surface area contributed by atoms with Crippen LogP contribution in [-0.2, 0) is 19.1 Å². The summed E-state index contributed by atoms with van der Waals surface area (Å²) in [5.41, 5.74) is 0. The second-order valence-corrected chi connectivity index (χ2v) is 16.5. The van der Waals surface area contributed by atoms with Crippen molar-refractivity contribution < 1.29 is 24.2 Å². The van der Waals surface area contributed by atoms with Gasteiger partial charge in [0.05, 0.1) is 6.61 Å². The summed E-state index contributed by atoms with van der Waals surface area (Å²) < 4.78 is 10.6. The number of ether oxygens (including phenoxy) is 2. The van der Waals surface area contributed by atoms with Crippen molar-refractivity contribution in [2.45, 2.75) is 187 Å². The number of carbonyl (C=O) groups is 2. The maximum atomic E-state index is 12.2. The molecule has 68 heavy (non-hydrogen) atoms. The monoisotopic (exact) mass is 931 g/mol. The Kier molecular flexibility index (Phi) is 52.2. The van der Waals surface area contributed by atoms with Gasteiger partial charge in [0.1, 0.15) is 6.61 Å². The van der Waals surface area contributed by atoms with E-state index in [-0.39, 0.29) is 31.6 Å². The zero-order chi connectivity index (χ0) is 49.2. The SMILES string of the molecule is CC/C=C\C/C=C\C/C=C\C/C=C\C/C=C\C/C=C\C/C=C\C/C=C\C/C=C\C/C=C\C/C=C\CCCCCCCCCC(=O)OC(CO)COC(=O)CC/C=C\C/C=C\C/C=C\C/C=C\CC. The Hall–Kier alpha value is -5.00. The van der Waals surface area contributed by atoms with Crippen LogP contribution in [0.15, 0.2) is 182 Å². The summed E-state index contributed by atoms with van der Waals surface area (Å²) in [5, 5.41) is 9.59. The third kappa shape index (κ3) is 53.6. The molecule has 0 bridgehead atoms. The normalized spacial score (nSPS) is 13.8. The van der Waals surface area contributed by atoms with Crippen molar-refractivity contribution in [3.05, 3.63) is 182 Å². The van der Waals surface area contributed by atoms with E-state index in [2.05, 4.69) is 184 Å². The van der Waals surface area contributed by atoms with Crippen molar-refractivity contribution in [3.8, 4) is 0 Å². The Morgan fingerprint density at radius 3 is 0.941 bits per heavy atom. The minimum absolute atomic E-state index is 0.120. The Balaban J connectivity index is 3.69. The van der Waals surface area contributed by atoms with Gasteiger partial charge < -0.3 is 14.6 Å². The fourth-order valence-electron chi connectivity index (χ4n) is 6.34. The van der Waals surface area contributed by atoms with E-state index in [0.29, 0.717) is 12.8 Å². The molecule has 0 aliphatic heterocycles. The van der Waals surface area contributed by atoms with Gasteiger partial charge >= 0.3 is 11.9 Å². The molecule has 0 amide bonds. The van der Waals surface area contributed by atoms with Gasteiger partial charge in [0.15, 0.2) is 6.10 Å². The molecule has 0 aromatic heterocycles. The number of carbonyl (C=O) groups excluding carboxylic acids is 2. The lowest BCUT2D eigenvalue weighted by Crippen LogP contribution is -2.28. The van der Waals surface area contributed by atoms with Crippen LogP contribution in [0.4, 0.5) is 0 Å². The van der Waals surface area contributed by atoms with Gasteiger partial charge in [-0.25, -0.2) is 0 Å². The zero-order valence-electron chi connectivity index (χ0n) is 42.8. The molecule has 0 aliphatic rings. The van der Waals surface area contributed by atoms with Crippen LogP contribution in [-0.4, -0.2) is 36.4 Å². The first-order chi connectivity index (χ1) is 33.6. The third-order valence-corrected chi connectivity index (χ3v) is 10.2. The minimum Gasteiger partial charge on any atom is -0.462 e. The molecule has 0 aromatic carbocycles. The highest BCUT2D eigenvalue weighted by molar-refractivity contribution is 5.70. The lowest BCUT2D eigenvalue weighted by atomic mass is 10.1. The number of aliphatic hydroxyl groups is 1. The van der Waals surface area contributed by atoms with E-state index in [0.717, 1.165) is 122 Å². The molecule has 0 radical (unpaired) electrons. The Morgan fingerprint density at radius 2 is 0.618 bits per heavy atom. The molecule has 5 nitrogen and oxygen atoms in total. The molecule has 0 aromatic rings. The van der Waals surface area contributed by atoms with Crippen molar-refractivity contribution in [3.63, 3.8) is 0 Å². The first kappa shape index (κ1) is 63.0. The molecule has 1 N–H and O–H groups in total. The lowest BCUT2D eigenvalue weighted by molar-refractivity contribution is -0.161. The summed E-state index contributed by atoms with van der Waals surface area (Å²) >= 11 is 0. The highest BCUT2D eigenvalue weighted by Gasteiger charge is 2.15. The number of aliphatic hydroxyl groups excluding tert-OH is 1. The van der Waals surface area contributed by atoms with E-state index in [1.807, 2.05) is 12.2 Å². The molecule has 1 atom stereocenters. The van der Waals surface area contributed by atoms with Crippen LogP contribution in [0.25, 0.3) is 0 Å². The smallest absolute Gasteiger partial charge is 0.306 e. The lowest BCUT2D eigenvalue weighted by Gasteiger charge is -2.15. The molecule has 0 saturated carbocycles. The molecule has 1 unspecified atom stereocenters. The summed E-state index contributed by atoms with van der Waals surface area (Å²) in [6, 6.07) is 0. The van der Waals surface area contributed by atoms with Crippen molar-refractivity contribution in [1.82, 2.24) is 0 Å². The fraction of sp³-hybridized carbons (Fsp3) is 0.492. The van der Waals surface area contributed by atoms with Gasteiger partial charge in [0.25, 0.3) is 0 Å². The van der Waals surface area contributed by atoms with Gasteiger partial charge in [0, 0.05) is 12.8 Å². The maximum absolute atomic E-state index is 12.2. The molecule has 0 rings (SSSR count). The highest BCUT2D eigenvalue weighted by atomic mass is 16.6. The summed E-state index contributed by atoms with van der Waals surface area (Å²) in [4.78, 5) is 24.3. The van der Waals surface area contributed by atoms with Gasteiger partial charge in [-0.3, -0.25) is 9.59 Å². The highest BCUT2D eigenvalue weighted by Crippen LogP contribution is 2.12. The van der Waals surface area contributed by atoms with Crippen molar-refractivity contribution in [2.75, 3.05) is 13.2 Å². The largest absolute Gasteiger partial charge is 0.462 e. The van der Waals surface area contributed by atoms with Crippen LogP contribution in [0.3, 0.4) is 0 Å². The van der Waals surface area contributed by atoms with Gasteiger partial charge in [-0.2, -0.15) is 0 Å². The van der Waals surface area contributed by atoms with E-state index in [9.17, 15) is 14.7 Å². The second kappa shape index (κ2) is 56.3. The second-order valence-electron chi connectivity index (χ2n) is 16.5. The average Bonchev–Trinajstić information content (AvgIpc) is 3.34. The molecule has 0 heterocycles. The van der Waals surface area contributed by atoms with Gasteiger partial charge in [-0.05, 0) is 122 Å². The van der Waals surface area contributed by atoms with Gasteiger partial charge in [-0.15, -0.1) is 0 Å². The van der Waals surface area contributed by atoms with E-state index in [4.69, 9.17) is 9.47 Å². The summed E-state index contributed by atoms with van der Waals surface area (Å²) in [7, 11) is 0. The topological polar surface area (TPSA) is 72.8 Å². The minimum atomic E-state index is -0.820. The van der Waals surface area contributed by atoms with E-state index >= 15 is 0 Å². The summed E-state index contributed by atoms with van der Waals surface area (Å²) in [5.74, 6) is -0.716. The van der Waals surface area contributed by atoms with Crippen LogP contribution in [0.2, 0.25) is 0 Å². The van der Waals surface area contributed by atoms with Crippen LogP contribution in [0, 0.1) is 0 Å². The summed E-state index contributed by atoms with van der Waals surface area (Å²) in [6.07, 6.45) is 90.1. The Labute approximate surface area is 416 Å². The van der Waals surface area contributed by atoms with E-state index in [1.165, 1.54) is 25.7 Å². The predicted octanol–water partition coefficient (Wildman–Crippen LogP) is 18.0. The van der Waals surface area contributed by atoms with Crippen LogP contribution >= 0.6 is 0 Å². The van der Waals surface area contributed by atoms with E-state index < -0.39 is 6.10 Å². The van der Waals surface area contributed by atoms with Crippen molar-refractivity contribution in [1.29, 1.82) is 0 Å². The van der Waals surface area contributed by atoms with Crippen molar-refractivity contribution in [2.24, 2.45) is 0 Å². The standard InChI is InChI=1S/C63H94O5/c1-3-5-7-9-11-13-15-17-18-19-20-21-22-23-24-25-26-27-28-29-30-31-32-33-34-35-36-37-38-39-40-41-42-43-44-46-48-50-52-54-56-58-63(66)68-61(59-64)60-67-62(65)57-55-53-51-49-47-45-16-14-12-10-8-6-4-2/h5-8,11-14,17-18,20-21,23-24,26-27,29-30,32-33,35-36,38-39,41-42,45,47,51,53,61,64H,3-4,9-10,15-16,19,22,25,28,31,34,37,40,43-44,46,48-50,52,54-60H2,1-2H3/b7-5-,8-6-,13-11-,14-12-,18-17-,21-20-,24-23-,27-26-,30-29-,33-32-,36-35-,39-38-,42-41-,47-45-,53-51-. The number of unbranched alkanes of at least 4 members (excludes halogenated alkanes) is 7. The zero-order valence-corrected chi connectivity index (χ0v) is 42.8. The van der Waals surface area contributed by atoms with Crippen LogP contribution < -0.4 is 0 Å². The molecule has 0 fully saturated rings. The van der Waals surface area contributed by atoms with Crippen LogP contribution in [0.5, 0.6) is 0 Å². The fourth-order valence-corrected chi connectivity index (χ4v) is 6.34. The van der Waals surface area contributed by atoms with Gasteiger partial charge in [0.2, 0.25) is 0 Å². The number of hydrogen-bond donors (Lipinski definition) is 1. The van der Waals surface area contributed by atoms with E-state index in [1.54, 1.807) is 0 Å². The van der Waals surface area contributed by atoms with Gasteiger partial charge in [-0.1, -0.05) is 228 Å². The first-order valence-electron chi connectivity index (χ1n) is 26.3. The Bertz CT molecular complexity index is 1620. The number of esters is 2. The number of allylic oxidation sites excluding steroid dienone is 30. The molecule has 0 saturated heterocycles. The molecule has 376 valence electrons. The van der Waals surface area contributed by atoms with Crippen molar-refractivity contribution >= 4 is 11.9 Å². The first-order valence-corrected chi connectivity index (χ1v) is 26.3. The average molecular weight is 931 g/mol. The predicted molar refractivity (Wildman–Crippen MR) is 296 cm³/mol. The molecule has 0 spiro atoms. The molecular weight excluding hydrogens is 837 g/mol. The number of hydrogen-bond acceptors (Lipinski definition) is 5. The molecule has 5 heteroatoms. The number of rotatable bonds is 45. The third-order valence-electron chi connectivity index (χ3n) is 10.2. The quantitative estimate of drug-likeness (QED) is 0.0374. The molecular formula is C63H94O5. The maximum Gasteiger partial charge on any atom is 0.306 e.